The first-order valence-corrected chi connectivity index (χ1v) is 9.84. The van der Waals surface area contributed by atoms with E-state index in [0.29, 0.717) is 32.5 Å². The van der Waals surface area contributed by atoms with Gasteiger partial charge >= 0.3 is 12.1 Å². The van der Waals surface area contributed by atoms with Crippen molar-refractivity contribution in [2.75, 3.05) is 26.7 Å². The average Bonchev–Trinajstić information content (AvgIpc) is 2.65. The lowest BCUT2D eigenvalue weighted by atomic mass is 10.0. The molecule has 3 atom stereocenters. The molecular formula is C18H35N5O5. The zero-order chi connectivity index (χ0) is 21.1. The Balaban J connectivity index is 2.57. The van der Waals surface area contributed by atoms with Crippen LogP contribution in [0.2, 0.25) is 0 Å². The number of hydrogen-bond acceptors (Lipinski definition) is 8. The van der Waals surface area contributed by atoms with Crippen LogP contribution in [0.4, 0.5) is 4.79 Å². The summed E-state index contributed by atoms with van der Waals surface area (Å²) in [5, 5.41) is 4.37. The molecule has 6 N–H and O–H groups in total. The molecular weight excluding hydrogens is 366 g/mol. The number of amides is 2. The maximum atomic E-state index is 12.6. The highest BCUT2D eigenvalue weighted by atomic mass is 16.6. The number of hydrazine groups is 1. The summed E-state index contributed by atoms with van der Waals surface area (Å²) in [5.74, 6) is -1.02. The number of hydrogen-bond donors (Lipinski definition) is 4. The lowest BCUT2D eigenvalue weighted by Gasteiger charge is -2.33. The van der Waals surface area contributed by atoms with Gasteiger partial charge in [0.25, 0.3) is 0 Å². The molecule has 1 fully saturated rings. The minimum Gasteiger partial charge on any atom is -0.459 e. The predicted octanol–water partition coefficient (Wildman–Crippen LogP) is -0.138. The number of nitrogens with one attached hydrogen (secondary N) is 2. The summed E-state index contributed by atoms with van der Waals surface area (Å²) in [6.45, 7) is 5.22. The largest absolute Gasteiger partial charge is 0.459 e. The Labute approximate surface area is 166 Å². The second-order valence-corrected chi connectivity index (χ2v) is 7.37. The van der Waals surface area contributed by atoms with Gasteiger partial charge in [0.2, 0.25) is 5.91 Å². The average molecular weight is 402 g/mol. The molecule has 162 valence electrons. The standard InChI is InChI=1S/C18H35N5O5/c1-12(2)15(21-16(24)14(20)8-4-5-9-19)17(25)28-13-7-6-10-23(11-13)22-18(26)27-3/h12-15H,4-11,19-20H2,1-3H3,(H,21,24)(H,22,26)/t13?,14-,15?/m0/s1. The van der Waals surface area contributed by atoms with Crippen LogP contribution in [-0.2, 0) is 19.1 Å². The smallest absolute Gasteiger partial charge is 0.421 e. The number of ether oxygens (including phenoxy) is 2. The SMILES string of the molecule is COC(=O)NN1CCCC(OC(=O)C(NC(=O)[C@@H](N)CCCCN)C(C)C)C1. The molecule has 0 aliphatic carbocycles. The molecule has 0 spiro atoms. The van der Waals surface area contributed by atoms with Crippen molar-refractivity contribution in [3.63, 3.8) is 0 Å². The van der Waals surface area contributed by atoms with E-state index < -0.39 is 24.1 Å². The highest BCUT2D eigenvalue weighted by Gasteiger charge is 2.31. The quantitative estimate of drug-likeness (QED) is 0.292. The van der Waals surface area contributed by atoms with Gasteiger partial charge in [0, 0.05) is 6.54 Å². The van der Waals surface area contributed by atoms with E-state index >= 15 is 0 Å². The zero-order valence-corrected chi connectivity index (χ0v) is 17.1. The molecule has 1 rings (SSSR count). The minimum atomic E-state index is -0.781. The van der Waals surface area contributed by atoms with Crippen molar-refractivity contribution in [3.8, 4) is 0 Å². The zero-order valence-electron chi connectivity index (χ0n) is 17.1. The van der Waals surface area contributed by atoms with Crippen LogP contribution in [0.1, 0.15) is 46.0 Å². The van der Waals surface area contributed by atoms with Gasteiger partial charge in [-0.1, -0.05) is 20.3 Å². The third-order valence-corrected chi connectivity index (χ3v) is 4.62. The molecule has 1 heterocycles. The van der Waals surface area contributed by atoms with Crippen molar-refractivity contribution in [2.24, 2.45) is 17.4 Å². The van der Waals surface area contributed by atoms with E-state index in [2.05, 4.69) is 15.5 Å². The van der Waals surface area contributed by atoms with Crippen molar-refractivity contribution in [2.45, 2.75) is 64.1 Å². The molecule has 10 heteroatoms. The normalized spacial score (nSPS) is 19.6. The van der Waals surface area contributed by atoms with Gasteiger partial charge in [0.1, 0.15) is 12.1 Å². The number of unbranched alkanes of at least 4 members (excludes halogenated alkanes) is 1. The van der Waals surface area contributed by atoms with E-state index in [-0.39, 0.29) is 17.9 Å². The molecule has 1 aliphatic rings. The van der Waals surface area contributed by atoms with Crippen LogP contribution >= 0.6 is 0 Å². The van der Waals surface area contributed by atoms with Gasteiger partial charge in [-0.25, -0.2) is 14.6 Å². The fraction of sp³-hybridized carbons (Fsp3) is 0.833. The molecule has 0 aromatic carbocycles. The molecule has 1 aliphatic heterocycles. The number of nitrogens with two attached hydrogens (primary N) is 2. The molecule has 1 saturated heterocycles. The Morgan fingerprint density at radius 1 is 1.25 bits per heavy atom. The topological polar surface area (TPSA) is 149 Å². The molecule has 2 amide bonds. The molecule has 2 unspecified atom stereocenters. The second kappa shape index (κ2) is 12.5. The van der Waals surface area contributed by atoms with Gasteiger partial charge in [-0.3, -0.25) is 10.2 Å². The lowest BCUT2D eigenvalue weighted by Crippen LogP contribution is -2.54. The van der Waals surface area contributed by atoms with E-state index in [1.165, 1.54) is 7.11 Å². The van der Waals surface area contributed by atoms with Crippen LogP contribution in [-0.4, -0.2) is 67.9 Å². The first kappa shape index (κ1) is 24.1. The maximum absolute atomic E-state index is 12.6. The first-order valence-electron chi connectivity index (χ1n) is 9.84. The summed E-state index contributed by atoms with van der Waals surface area (Å²) >= 11 is 0. The lowest BCUT2D eigenvalue weighted by molar-refractivity contribution is -0.157. The fourth-order valence-electron chi connectivity index (χ4n) is 2.95. The third-order valence-electron chi connectivity index (χ3n) is 4.62. The van der Waals surface area contributed by atoms with Crippen LogP contribution in [0, 0.1) is 5.92 Å². The number of nitrogens with zero attached hydrogens (tertiary/aromatic N) is 1. The summed E-state index contributed by atoms with van der Waals surface area (Å²) in [6, 6.07) is -1.47. The minimum absolute atomic E-state index is 0.152. The van der Waals surface area contributed by atoms with Gasteiger partial charge in [-0.15, -0.1) is 0 Å². The number of rotatable bonds is 10. The Hall–Kier alpha value is -1.91. The first-order chi connectivity index (χ1) is 13.3. The molecule has 10 nitrogen and oxygen atoms in total. The van der Waals surface area contributed by atoms with Crippen LogP contribution < -0.4 is 22.2 Å². The van der Waals surface area contributed by atoms with Crippen LogP contribution in [0.3, 0.4) is 0 Å². The van der Waals surface area contributed by atoms with Gasteiger partial charge in [-0.2, -0.15) is 0 Å². The monoisotopic (exact) mass is 401 g/mol. The summed E-state index contributed by atoms with van der Waals surface area (Å²) in [7, 11) is 1.29. The van der Waals surface area contributed by atoms with E-state index in [1.807, 2.05) is 13.8 Å². The maximum Gasteiger partial charge on any atom is 0.421 e. The summed E-state index contributed by atoms with van der Waals surface area (Å²) < 4.78 is 10.2. The van der Waals surface area contributed by atoms with E-state index in [9.17, 15) is 14.4 Å². The summed E-state index contributed by atoms with van der Waals surface area (Å²) in [5.41, 5.74) is 13.9. The van der Waals surface area contributed by atoms with E-state index in [1.54, 1.807) is 5.01 Å². The summed E-state index contributed by atoms with van der Waals surface area (Å²) in [4.78, 5) is 36.3. The van der Waals surface area contributed by atoms with Crippen LogP contribution in [0.15, 0.2) is 0 Å². The van der Waals surface area contributed by atoms with Crippen molar-refractivity contribution < 1.29 is 23.9 Å². The molecule has 28 heavy (non-hydrogen) atoms. The number of methoxy groups -OCH3 is 1. The van der Waals surface area contributed by atoms with Gasteiger partial charge in [0.05, 0.1) is 19.7 Å². The van der Waals surface area contributed by atoms with Gasteiger partial charge in [0.15, 0.2) is 0 Å². The Bertz CT molecular complexity index is 517. The van der Waals surface area contributed by atoms with Gasteiger partial charge in [-0.05, 0) is 38.1 Å². The molecule has 0 aromatic heterocycles. The van der Waals surface area contributed by atoms with E-state index in [0.717, 1.165) is 19.3 Å². The van der Waals surface area contributed by atoms with Crippen molar-refractivity contribution in [1.29, 1.82) is 0 Å². The fourth-order valence-corrected chi connectivity index (χ4v) is 2.95. The van der Waals surface area contributed by atoms with Gasteiger partial charge < -0.3 is 26.3 Å². The highest BCUT2D eigenvalue weighted by molar-refractivity contribution is 5.87. The Morgan fingerprint density at radius 3 is 2.57 bits per heavy atom. The van der Waals surface area contributed by atoms with Crippen molar-refractivity contribution >= 4 is 18.0 Å². The van der Waals surface area contributed by atoms with Crippen LogP contribution in [0.25, 0.3) is 0 Å². The molecule has 0 bridgehead atoms. The number of carbonyl (C=O) groups excluding carboxylic acids is 3. The number of carbonyl (C=O) groups is 3. The Kier molecular flexibility index (Phi) is 10.8. The van der Waals surface area contributed by atoms with E-state index in [4.69, 9.17) is 16.2 Å². The molecule has 0 saturated carbocycles. The third kappa shape index (κ3) is 8.41. The Morgan fingerprint density at radius 2 is 1.96 bits per heavy atom. The number of piperidine rings is 1. The highest BCUT2D eigenvalue weighted by Crippen LogP contribution is 2.14. The molecule has 0 radical (unpaired) electrons. The van der Waals surface area contributed by atoms with Crippen molar-refractivity contribution in [3.05, 3.63) is 0 Å². The molecule has 0 aromatic rings. The van der Waals surface area contributed by atoms with Crippen molar-refractivity contribution in [1.82, 2.24) is 15.8 Å². The van der Waals surface area contributed by atoms with Crippen LogP contribution in [0.5, 0.6) is 0 Å². The predicted molar refractivity (Wildman–Crippen MR) is 104 cm³/mol. The number of esters is 1. The second-order valence-electron chi connectivity index (χ2n) is 7.37. The summed E-state index contributed by atoms with van der Waals surface area (Å²) in [6.07, 6.45) is 2.56.